The normalized spacial score (nSPS) is 18.3. The molecule has 0 bridgehead atoms. The fourth-order valence-electron chi connectivity index (χ4n) is 2.41. The van der Waals surface area contributed by atoms with Crippen LogP contribution in [0.2, 0.25) is 0 Å². The van der Waals surface area contributed by atoms with E-state index in [4.69, 9.17) is 9.84 Å². The molecule has 0 radical (unpaired) electrons. The highest BCUT2D eigenvalue weighted by Crippen LogP contribution is 2.27. The van der Waals surface area contributed by atoms with Crippen LogP contribution in [0.1, 0.15) is 52.4 Å². The molecule has 0 aromatic heterocycles. The van der Waals surface area contributed by atoms with E-state index in [0.29, 0.717) is 0 Å². The number of alkyl carbamates (subject to hydrolysis) is 1. The molecule has 1 atom stereocenters. The van der Waals surface area contributed by atoms with Gasteiger partial charge in [-0.05, 0) is 25.2 Å². The van der Waals surface area contributed by atoms with Crippen molar-refractivity contribution in [2.45, 2.75) is 70.4 Å². The third-order valence-electron chi connectivity index (χ3n) is 3.55. The van der Waals surface area contributed by atoms with Gasteiger partial charge in [-0.3, -0.25) is 0 Å². The summed E-state index contributed by atoms with van der Waals surface area (Å²) in [7, 11) is 0. The van der Waals surface area contributed by atoms with Crippen molar-refractivity contribution in [3.8, 4) is 0 Å². The molecule has 0 spiro atoms. The molecule has 1 unspecified atom stereocenters. The Hall–Kier alpha value is -1.40. The van der Waals surface area contributed by atoms with Gasteiger partial charge >= 0.3 is 18.0 Å². The minimum Gasteiger partial charge on any atom is -0.477 e. The number of hydrogen-bond acceptors (Lipinski definition) is 3. The summed E-state index contributed by atoms with van der Waals surface area (Å²) in [6.45, 7) is 3.32. The molecule has 0 aromatic carbocycles. The fraction of sp³-hybridized carbons (Fsp3) is 0.857. The molecule has 1 rings (SSSR count). The van der Waals surface area contributed by atoms with Gasteiger partial charge in [-0.1, -0.05) is 33.1 Å². The van der Waals surface area contributed by atoms with Crippen LogP contribution in [-0.2, 0) is 9.53 Å². The molecule has 5 nitrogen and oxygen atoms in total. The monoisotopic (exact) mass is 307 g/mol. The number of carbonyl (C=O) groups is 2. The summed E-state index contributed by atoms with van der Waals surface area (Å²) < 4.78 is 31.9. The third-order valence-corrected chi connectivity index (χ3v) is 3.55. The van der Waals surface area contributed by atoms with Crippen molar-refractivity contribution in [1.82, 2.24) is 5.32 Å². The molecule has 0 heterocycles. The van der Waals surface area contributed by atoms with Crippen molar-refractivity contribution in [3.05, 3.63) is 0 Å². The molecule has 0 saturated heterocycles. The lowest BCUT2D eigenvalue weighted by molar-refractivity contribution is -0.183. The largest absolute Gasteiger partial charge is 0.477 e. The topological polar surface area (TPSA) is 75.6 Å². The molecule has 0 aromatic rings. The van der Waals surface area contributed by atoms with Crippen LogP contribution in [0.15, 0.2) is 0 Å². The number of halogens is 2. The second kappa shape index (κ2) is 7.56. The lowest BCUT2D eigenvalue weighted by Crippen LogP contribution is -2.47. The summed E-state index contributed by atoms with van der Waals surface area (Å²) >= 11 is 0. The summed E-state index contributed by atoms with van der Waals surface area (Å²) in [5.41, 5.74) is 0. The predicted octanol–water partition coefficient (Wildman–Crippen LogP) is 3.18. The van der Waals surface area contributed by atoms with Gasteiger partial charge < -0.3 is 15.2 Å². The van der Waals surface area contributed by atoms with Gasteiger partial charge in [0.05, 0.1) is 0 Å². The van der Waals surface area contributed by atoms with Crippen LogP contribution in [0.5, 0.6) is 0 Å². The van der Waals surface area contributed by atoms with E-state index in [-0.39, 0.29) is 18.4 Å². The Kier molecular flexibility index (Phi) is 6.36. The molecular weight excluding hydrogens is 284 g/mol. The maximum absolute atomic E-state index is 13.6. The summed E-state index contributed by atoms with van der Waals surface area (Å²) in [4.78, 5) is 22.4. The number of hydrogen-bond donors (Lipinski definition) is 2. The van der Waals surface area contributed by atoms with E-state index >= 15 is 0 Å². The van der Waals surface area contributed by atoms with Crippen LogP contribution < -0.4 is 5.32 Å². The van der Waals surface area contributed by atoms with Crippen molar-refractivity contribution in [3.63, 3.8) is 0 Å². The molecule has 1 amide bonds. The summed E-state index contributed by atoms with van der Waals surface area (Å²) in [5.74, 6) is -6.59. The Morgan fingerprint density at radius 1 is 1.29 bits per heavy atom. The maximum atomic E-state index is 13.6. The number of alkyl halides is 2. The number of carbonyl (C=O) groups excluding carboxylic acids is 1. The van der Waals surface area contributed by atoms with E-state index in [9.17, 15) is 18.4 Å². The highest BCUT2D eigenvalue weighted by Gasteiger charge is 2.50. The molecule has 1 saturated carbocycles. The highest BCUT2D eigenvalue weighted by atomic mass is 19.3. The molecular formula is C14H23F2NO4. The Morgan fingerprint density at radius 3 is 2.33 bits per heavy atom. The zero-order valence-electron chi connectivity index (χ0n) is 12.4. The molecule has 1 aliphatic carbocycles. The van der Waals surface area contributed by atoms with Crippen molar-refractivity contribution in [1.29, 1.82) is 0 Å². The lowest BCUT2D eigenvalue weighted by Gasteiger charge is -2.27. The van der Waals surface area contributed by atoms with Crippen molar-refractivity contribution in [2.75, 3.05) is 0 Å². The van der Waals surface area contributed by atoms with E-state index < -0.39 is 24.1 Å². The molecule has 7 heteroatoms. The van der Waals surface area contributed by atoms with E-state index in [2.05, 4.69) is 5.32 Å². The first-order valence-corrected chi connectivity index (χ1v) is 7.31. The van der Waals surface area contributed by atoms with Crippen LogP contribution >= 0.6 is 0 Å². The standard InChI is InChI=1S/C14H23F2NO4/c1-9(2)8-11(14(15,16)12(18)19)21-13(20)17-10-6-4-3-5-7-10/h9-11H,3-8H2,1-2H3,(H,17,20)(H,18,19). The minimum absolute atomic E-state index is 0.0793. The molecule has 21 heavy (non-hydrogen) atoms. The highest BCUT2D eigenvalue weighted by molar-refractivity contribution is 5.77. The van der Waals surface area contributed by atoms with Crippen molar-refractivity contribution in [2.24, 2.45) is 5.92 Å². The number of amides is 1. The molecule has 1 aliphatic rings. The van der Waals surface area contributed by atoms with E-state index in [1.54, 1.807) is 13.8 Å². The minimum atomic E-state index is -4.09. The van der Waals surface area contributed by atoms with E-state index in [1.807, 2.05) is 0 Å². The van der Waals surface area contributed by atoms with Crippen LogP contribution in [0.3, 0.4) is 0 Å². The first kappa shape index (κ1) is 17.7. The van der Waals surface area contributed by atoms with E-state index in [1.165, 1.54) is 0 Å². The summed E-state index contributed by atoms with van der Waals surface area (Å²) in [6.07, 6.45) is 1.50. The van der Waals surface area contributed by atoms with Crippen LogP contribution in [0.4, 0.5) is 13.6 Å². The van der Waals surface area contributed by atoms with Crippen LogP contribution in [0, 0.1) is 5.92 Å². The number of ether oxygens (including phenoxy) is 1. The number of aliphatic carboxylic acids is 1. The number of carboxylic acids is 1. The lowest BCUT2D eigenvalue weighted by atomic mass is 9.96. The third kappa shape index (κ3) is 5.47. The van der Waals surface area contributed by atoms with Crippen LogP contribution in [-0.4, -0.2) is 35.2 Å². The summed E-state index contributed by atoms with van der Waals surface area (Å²) in [6, 6.07) is -0.0793. The number of carboxylic acid groups (broad SMARTS) is 1. The van der Waals surface area contributed by atoms with Gasteiger partial charge in [0.1, 0.15) is 0 Å². The maximum Gasteiger partial charge on any atom is 0.407 e. The summed E-state index contributed by atoms with van der Waals surface area (Å²) in [5, 5.41) is 11.1. The average molecular weight is 307 g/mol. The second-order valence-electron chi connectivity index (χ2n) is 5.93. The average Bonchev–Trinajstić information content (AvgIpc) is 2.38. The molecule has 1 fully saturated rings. The van der Waals surface area contributed by atoms with Crippen molar-refractivity contribution < 1.29 is 28.2 Å². The quantitative estimate of drug-likeness (QED) is 0.790. The smallest absolute Gasteiger partial charge is 0.407 e. The van der Waals surface area contributed by atoms with Gasteiger partial charge in [-0.25, -0.2) is 9.59 Å². The Labute approximate surface area is 123 Å². The van der Waals surface area contributed by atoms with Gasteiger partial charge in [0.2, 0.25) is 0 Å². The van der Waals surface area contributed by atoms with Gasteiger partial charge in [0.15, 0.2) is 6.10 Å². The Bertz CT molecular complexity index is 368. The Morgan fingerprint density at radius 2 is 1.86 bits per heavy atom. The first-order valence-electron chi connectivity index (χ1n) is 7.31. The van der Waals surface area contributed by atoms with Crippen LogP contribution in [0.25, 0.3) is 0 Å². The molecule has 2 N–H and O–H groups in total. The van der Waals surface area contributed by atoms with Crippen molar-refractivity contribution >= 4 is 12.1 Å². The zero-order chi connectivity index (χ0) is 16.0. The van der Waals surface area contributed by atoms with Gasteiger partial charge in [0.25, 0.3) is 0 Å². The first-order chi connectivity index (χ1) is 9.73. The molecule has 122 valence electrons. The predicted molar refractivity (Wildman–Crippen MR) is 72.3 cm³/mol. The zero-order valence-corrected chi connectivity index (χ0v) is 12.4. The number of nitrogens with one attached hydrogen (secondary N) is 1. The van der Waals surface area contributed by atoms with E-state index in [0.717, 1.165) is 32.1 Å². The van der Waals surface area contributed by atoms with Gasteiger partial charge in [-0.2, -0.15) is 8.78 Å². The second-order valence-corrected chi connectivity index (χ2v) is 5.93. The Balaban J connectivity index is 2.62. The SMILES string of the molecule is CC(C)CC(OC(=O)NC1CCCCC1)C(F)(F)C(=O)O. The van der Waals surface area contributed by atoms with Gasteiger partial charge in [-0.15, -0.1) is 0 Å². The van der Waals surface area contributed by atoms with Gasteiger partial charge in [0, 0.05) is 6.04 Å². The molecule has 0 aliphatic heterocycles. The fourth-order valence-corrected chi connectivity index (χ4v) is 2.41. The number of rotatable bonds is 6.